The molecule has 7 heteroatoms. The number of nitrogens with zero attached hydrogens (tertiary/aromatic N) is 2. The first-order valence-electron chi connectivity index (χ1n) is 7.91. The summed E-state index contributed by atoms with van der Waals surface area (Å²) in [5, 5.41) is 8.53. The van der Waals surface area contributed by atoms with E-state index in [1.165, 1.54) is 4.88 Å². The third kappa shape index (κ3) is 4.77. The average Bonchev–Trinajstić information content (AvgIpc) is 3.11. The monoisotopic (exact) mass is 366 g/mol. The minimum absolute atomic E-state index is 0. The number of piperazine rings is 1. The normalized spacial score (nSPS) is 19.3. The van der Waals surface area contributed by atoms with Gasteiger partial charge in [0, 0.05) is 42.9 Å². The first-order valence-corrected chi connectivity index (χ1v) is 8.79. The molecule has 5 nitrogen and oxygen atoms in total. The summed E-state index contributed by atoms with van der Waals surface area (Å²) in [5.74, 6) is 0.0710. The summed E-state index contributed by atoms with van der Waals surface area (Å²) >= 11 is 1.67. The number of halogens is 1. The fourth-order valence-corrected chi connectivity index (χ4v) is 3.65. The van der Waals surface area contributed by atoms with Crippen LogP contribution in [0.5, 0.6) is 0 Å². The van der Waals surface area contributed by atoms with Gasteiger partial charge in [0.05, 0.1) is 12.6 Å². The number of thiophene rings is 1. The van der Waals surface area contributed by atoms with Crippen molar-refractivity contribution in [1.29, 1.82) is 0 Å². The van der Waals surface area contributed by atoms with Crippen molar-refractivity contribution in [2.45, 2.75) is 19.0 Å². The predicted octanol–water partition coefficient (Wildman–Crippen LogP) is 2.39. The summed E-state index contributed by atoms with van der Waals surface area (Å²) in [6, 6.07) is 8.34. The van der Waals surface area contributed by atoms with Crippen molar-refractivity contribution in [2.75, 3.05) is 26.2 Å². The van der Waals surface area contributed by atoms with Gasteiger partial charge in [-0.15, -0.1) is 23.7 Å². The number of rotatable bonds is 5. The lowest BCUT2D eigenvalue weighted by Gasteiger charge is -2.36. The molecule has 0 spiro atoms. The van der Waals surface area contributed by atoms with Gasteiger partial charge in [-0.2, -0.15) is 0 Å². The zero-order valence-corrected chi connectivity index (χ0v) is 15.3. The zero-order valence-electron chi connectivity index (χ0n) is 13.6. The maximum absolute atomic E-state index is 12.4. The van der Waals surface area contributed by atoms with Gasteiger partial charge in [0.15, 0.2) is 0 Å². The molecule has 2 aromatic heterocycles. The standard InChI is InChI=1S/C17H22N4OS.ClH/c1-13(16-5-3-9-23-16)20-17(22)12-21-8-7-19-11-15(21)14-4-2-6-18-10-14;/h2-6,9-10,13,15,19H,7-8,11-12H2,1H3,(H,20,22);1H. The first-order chi connectivity index (χ1) is 11.2. The van der Waals surface area contributed by atoms with Crippen LogP contribution in [-0.4, -0.2) is 42.0 Å². The summed E-state index contributed by atoms with van der Waals surface area (Å²) in [7, 11) is 0. The van der Waals surface area contributed by atoms with Gasteiger partial charge in [-0.25, -0.2) is 0 Å². The lowest BCUT2D eigenvalue weighted by atomic mass is 10.1. The molecule has 2 aromatic rings. The van der Waals surface area contributed by atoms with Gasteiger partial charge in [-0.3, -0.25) is 14.7 Å². The maximum atomic E-state index is 12.4. The van der Waals surface area contributed by atoms with Crippen molar-refractivity contribution in [3.05, 3.63) is 52.5 Å². The van der Waals surface area contributed by atoms with Crippen LogP contribution < -0.4 is 10.6 Å². The Morgan fingerprint density at radius 2 is 2.38 bits per heavy atom. The SMILES string of the molecule is CC(NC(=O)CN1CCNCC1c1cccnc1)c1cccs1.Cl. The minimum Gasteiger partial charge on any atom is -0.348 e. The molecule has 1 aliphatic rings. The number of aromatic nitrogens is 1. The minimum atomic E-state index is 0. The Morgan fingerprint density at radius 1 is 1.50 bits per heavy atom. The van der Waals surface area contributed by atoms with E-state index < -0.39 is 0 Å². The van der Waals surface area contributed by atoms with E-state index in [1.54, 1.807) is 17.5 Å². The molecule has 0 saturated carbocycles. The highest BCUT2D eigenvalue weighted by atomic mass is 35.5. The summed E-state index contributed by atoms with van der Waals surface area (Å²) in [5.41, 5.74) is 1.15. The molecule has 0 radical (unpaired) electrons. The fraction of sp³-hybridized carbons (Fsp3) is 0.412. The summed E-state index contributed by atoms with van der Waals surface area (Å²) in [6.45, 7) is 5.06. The van der Waals surface area contributed by atoms with Crippen LogP contribution in [0.25, 0.3) is 0 Å². The molecule has 3 rings (SSSR count). The van der Waals surface area contributed by atoms with E-state index in [9.17, 15) is 4.79 Å². The Bertz CT molecular complexity index is 623. The van der Waals surface area contributed by atoms with E-state index in [0.29, 0.717) is 6.54 Å². The van der Waals surface area contributed by atoms with Crippen LogP contribution in [0.15, 0.2) is 42.0 Å². The maximum Gasteiger partial charge on any atom is 0.234 e. The number of hydrogen-bond donors (Lipinski definition) is 2. The molecule has 2 atom stereocenters. The van der Waals surface area contributed by atoms with Gasteiger partial charge in [-0.1, -0.05) is 12.1 Å². The van der Waals surface area contributed by atoms with Gasteiger partial charge in [0.2, 0.25) is 5.91 Å². The van der Waals surface area contributed by atoms with E-state index in [0.717, 1.165) is 25.2 Å². The van der Waals surface area contributed by atoms with Gasteiger partial charge >= 0.3 is 0 Å². The number of carbonyl (C=O) groups is 1. The smallest absolute Gasteiger partial charge is 0.234 e. The highest BCUT2D eigenvalue weighted by Crippen LogP contribution is 2.22. The molecule has 3 heterocycles. The van der Waals surface area contributed by atoms with Gasteiger partial charge in [0.25, 0.3) is 0 Å². The van der Waals surface area contributed by atoms with Crippen LogP contribution in [0.3, 0.4) is 0 Å². The Morgan fingerprint density at radius 3 is 3.08 bits per heavy atom. The molecular formula is C17H23ClN4OS. The third-order valence-electron chi connectivity index (χ3n) is 4.12. The van der Waals surface area contributed by atoms with E-state index in [-0.39, 0.29) is 30.4 Å². The fourth-order valence-electron chi connectivity index (χ4n) is 2.92. The van der Waals surface area contributed by atoms with E-state index in [4.69, 9.17) is 0 Å². The number of carbonyl (C=O) groups excluding carboxylic acids is 1. The highest BCUT2D eigenvalue weighted by molar-refractivity contribution is 7.10. The molecule has 1 saturated heterocycles. The molecule has 1 amide bonds. The quantitative estimate of drug-likeness (QED) is 0.853. The lowest BCUT2D eigenvalue weighted by Crippen LogP contribution is -2.49. The molecule has 0 bridgehead atoms. The van der Waals surface area contributed by atoms with Crippen LogP contribution in [-0.2, 0) is 4.79 Å². The molecule has 1 fully saturated rings. The Labute approximate surface area is 152 Å². The lowest BCUT2D eigenvalue weighted by molar-refractivity contribution is -0.123. The Kier molecular flexibility index (Phi) is 7.17. The van der Waals surface area contributed by atoms with Crippen molar-refractivity contribution >= 4 is 29.7 Å². The Balaban J connectivity index is 0.00000208. The highest BCUT2D eigenvalue weighted by Gasteiger charge is 2.26. The second kappa shape index (κ2) is 9.13. The molecule has 0 aromatic carbocycles. The molecule has 0 aliphatic carbocycles. The first kappa shape index (κ1) is 18.9. The van der Waals surface area contributed by atoms with E-state index in [1.807, 2.05) is 30.6 Å². The Hall–Kier alpha value is -1.47. The van der Waals surface area contributed by atoms with Crippen molar-refractivity contribution in [2.24, 2.45) is 0 Å². The van der Waals surface area contributed by atoms with Crippen molar-refractivity contribution in [1.82, 2.24) is 20.5 Å². The van der Waals surface area contributed by atoms with Gasteiger partial charge in [-0.05, 0) is 30.0 Å². The number of pyridine rings is 1. The van der Waals surface area contributed by atoms with Crippen LogP contribution in [0, 0.1) is 0 Å². The average molecular weight is 367 g/mol. The van der Waals surface area contributed by atoms with E-state index in [2.05, 4.69) is 32.7 Å². The predicted molar refractivity (Wildman–Crippen MR) is 99.5 cm³/mol. The third-order valence-corrected chi connectivity index (χ3v) is 5.17. The molecule has 130 valence electrons. The van der Waals surface area contributed by atoms with E-state index >= 15 is 0 Å². The van der Waals surface area contributed by atoms with Crippen LogP contribution >= 0.6 is 23.7 Å². The van der Waals surface area contributed by atoms with Crippen molar-refractivity contribution in [3.63, 3.8) is 0 Å². The van der Waals surface area contributed by atoms with Gasteiger partial charge in [0.1, 0.15) is 0 Å². The van der Waals surface area contributed by atoms with Gasteiger partial charge < -0.3 is 10.6 Å². The topological polar surface area (TPSA) is 57.3 Å². The number of hydrogen-bond acceptors (Lipinski definition) is 5. The van der Waals surface area contributed by atoms with Crippen molar-refractivity contribution in [3.8, 4) is 0 Å². The molecule has 2 N–H and O–H groups in total. The van der Waals surface area contributed by atoms with Crippen LogP contribution in [0.2, 0.25) is 0 Å². The second-order valence-electron chi connectivity index (χ2n) is 5.78. The molecule has 2 unspecified atom stereocenters. The van der Waals surface area contributed by atoms with Crippen LogP contribution in [0.4, 0.5) is 0 Å². The number of amides is 1. The summed E-state index contributed by atoms with van der Waals surface area (Å²) in [4.78, 5) is 20.0. The number of nitrogens with one attached hydrogen (secondary N) is 2. The van der Waals surface area contributed by atoms with Crippen molar-refractivity contribution < 1.29 is 4.79 Å². The summed E-state index contributed by atoms with van der Waals surface area (Å²) in [6.07, 6.45) is 3.66. The molecule has 24 heavy (non-hydrogen) atoms. The second-order valence-corrected chi connectivity index (χ2v) is 6.76. The molecular weight excluding hydrogens is 344 g/mol. The summed E-state index contributed by atoms with van der Waals surface area (Å²) < 4.78 is 0. The largest absolute Gasteiger partial charge is 0.348 e. The zero-order chi connectivity index (χ0) is 16.1. The molecule has 1 aliphatic heterocycles. The van der Waals surface area contributed by atoms with Crippen LogP contribution in [0.1, 0.15) is 29.4 Å².